The van der Waals surface area contributed by atoms with Crippen molar-refractivity contribution in [2.75, 3.05) is 23.8 Å². The van der Waals surface area contributed by atoms with Crippen molar-refractivity contribution in [3.8, 4) is 11.5 Å². The molecule has 0 aliphatic carbocycles. The third kappa shape index (κ3) is 5.64. The molecule has 0 saturated carbocycles. The largest absolute Gasteiger partial charge is 0.495 e. The van der Waals surface area contributed by atoms with Gasteiger partial charge in [-0.2, -0.15) is 0 Å². The number of rotatable bonds is 8. The maximum atomic E-state index is 12.9. The molecule has 0 unspecified atom stereocenters. The zero-order chi connectivity index (χ0) is 23.3. The van der Waals surface area contributed by atoms with Crippen LogP contribution in [-0.4, -0.2) is 28.0 Å². The highest BCUT2D eigenvalue weighted by Crippen LogP contribution is 2.30. The molecule has 32 heavy (non-hydrogen) atoms. The number of ether oxygens (including phenoxy) is 2. The Kier molecular flexibility index (Phi) is 7.50. The van der Waals surface area contributed by atoms with Gasteiger partial charge in [-0.25, -0.2) is 8.42 Å². The third-order valence-corrected chi connectivity index (χ3v) is 6.25. The predicted molar refractivity (Wildman–Crippen MR) is 126 cm³/mol. The highest BCUT2D eigenvalue weighted by molar-refractivity contribution is 7.92. The van der Waals surface area contributed by atoms with Crippen LogP contribution in [0.3, 0.4) is 0 Å². The molecule has 0 aliphatic rings. The summed E-state index contributed by atoms with van der Waals surface area (Å²) in [7, 11) is -2.53. The Hall–Kier alpha value is -2.94. The van der Waals surface area contributed by atoms with Gasteiger partial charge < -0.3 is 14.8 Å². The van der Waals surface area contributed by atoms with Crippen molar-refractivity contribution in [1.29, 1.82) is 0 Å². The number of methoxy groups -OCH3 is 1. The first-order valence-corrected chi connectivity index (χ1v) is 11.7. The Morgan fingerprint density at radius 2 is 1.72 bits per heavy atom. The van der Waals surface area contributed by atoms with Crippen LogP contribution in [-0.2, 0) is 10.0 Å². The first-order valence-electron chi connectivity index (χ1n) is 9.43. The van der Waals surface area contributed by atoms with E-state index >= 15 is 0 Å². The average Bonchev–Trinajstić information content (AvgIpc) is 2.75. The fraction of sp³-hybridized carbons (Fsp3) is 0.136. The molecule has 0 atom stereocenters. The van der Waals surface area contributed by atoms with Gasteiger partial charge in [0.2, 0.25) is 0 Å². The summed E-state index contributed by atoms with van der Waals surface area (Å²) in [6, 6.07) is 15.1. The van der Waals surface area contributed by atoms with E-state index in [1.54, 1.807) is 24.3 Å². The van der Waals surface area contributed by atoms with Crippen molar-refractivity contribution in [1.82, 2.24) is 0 Å². The molecular formula is C22H20Cl2N2O5S. The molecule has 3 aromatic rings. The Balaban J connectivity index is 1.86. The van der Waals surface area contributed by atoms with E-state index in [-0.39, 0.29) is 26.9 Å². The van der Waals surface area contributed by atoms with Gasteiger partial charge in [0.1, 0.15) is 11.5 Å². The Labute approximate surface area is 196 Å². The van der Waals surface area contributed by atoms with Crippen molar-refractivity contribution >= 4 is 50.5 Å². The lowest BCUT2D eigenvalue weighted by atomic mass is 10.2. The first kappa shape index (κ1) is 23.7. The fourth-order valence-corrected chi connectivity index (χ4v) is 4.39. The van der Waals surface area contributed by atoms with E-state index in [9.17, 15) is 13.2 Å². The molecule has 1 amide bonds. The van der Waals surface area contributed by atoms with Crippen molar-refractivity contribution in [3.05, 3.63) is 76.3 Å². The standard InChI is InChI=1S/C22H20Cl2N2O5S/c1-3-31-16-7-5-15(6-8-16)26-32(28,29)17-9-11-21(30-2)20(13-17)25-22(27)18-10-4-14(23)12-19(18)24/h4-13,26H,3H2,1-2H3,(H,25,27). The molecule has 7 nitrogen and oxygen atoms in total. The van der Waals surface area contributed by atoms with Gasteiger partial charge in [-0.3, -0.25) is 9.52 Å². The SMILES string of the molecule is CCOc1ccc(NS(=O)(=O)c2ccc(OC)c(NC(=O)c3ccc(Cl)cc3Cl)c2)cc1. The summed E-state index contributed by atoms with van der Waals surface area (Å²) in [4.78, 5) is 12.6. The number of carbonyl (C=O) groups excluding carboxylic acids is 1. The minimum absolute atomic E-state index is 0.0651. The predicted octanol–water partition coefficient (Wildman–Crippen LogP) is 5.45. The fourth-order valence-electron chi connectivity index (χ4n) is 2.82. The van der Waals surface area contributed by atoms with Crippen LogP contribution in [0.1, 0.15) is 17.3 Å². The molecule has 0 heterocycles. The average molecular weight is 495 g/mol. The van der Waals surface area contributed by atoms with Crippen LogP contribution < -0.4 is 19.5 Å². The van der Waals surface area contributed by atoms with Crippen LogP contribution in [0.5, 0.6) is 11.5 Å². The highest BCUT2D eigenvalue weighted by atomic mass is 35.5. The van der Waals surface area contributed by atoms with E-state index in [4.69, 9.17) is 32.7 Å². The van der Waals surface area contributed by atoms with Crippen LogP contribution in [0.2, 0.25) is 10.0 Å². The molecule has 10 heteroatoms. The maximum Gasteiger partial charge on any atom is 0.261 e. The molecule has 0 aliphatic heterocycles. The lowest BCUT2D eigenvalue weighted by Gasteiger charge is -2.14. The molecule has 3 aromatic carbocycles. The van der Waals surface area contributed by atoms with Crippen LogP contribution in [0.15, 0.2) is 65.6 Å². The summed E-state index contributed by atoms with van der Waals surface area (Å²) >= 11 is 12.0. The number of carbonyl (C=O) groups is 1. The summed E-state index contributed by atoms with van der Waals surface area (Å²) in [5, 5.41) is 3.18. The van der Waals surface area contributed by atoms with Crippen molar-refractivity contribution < 1.29 is 22.7 Å². The third-order valence-electron chi connectivity index (χ3n) is 4.32. The minimum atomic E-state index is -3.94. The second-order valence-electron chi connectivity index (χ2n) is 6.50. The first-order chi connectivity index (χ1) is 15.2. The van der Waals surface area contributed by atoms with E-state index in [1.807, 2.05) is 6.92 Å². The number of hydrogen-bond acceptors (Lipinski definition) is 5. The van der Waals surface area contributed by atoms with Crippen molar-refractivity contribution in [2.45, 2.75) is 11.8 Å². The molecule has 0 spiro atoms. The van der Waals surface area contributed by atoms with Gasteiger partial charge in [0.05, 0.1) is 34.9 Å². The van der Waals surface area contributed by atoms with Gasteiger partial charge in [0.25, 0.3) is 15.9 Å². The van der Waals surface area contributed by atoms with Gasteiger partial charge in [-0.15, -0.1) is 0 Å². The topological polar surface area (TPSA) is 93.7 Å². The molecule has 0 fully saturated rings. The molecule has 168 valence electrons. The number of amides is 1. The number of anilines is 2. The molecule has 3 rings (SSSR count). The van der Waals surface area contributed by atoms with Gasteiger partial charge in [-0.05, 0) is 67.6 Å². The van der Waals surface area contributed by atoms with Gasteiger partial charge in [0, 0.05) is 10.7 Å². The summed E-state index contributed by atoms with van der Waals surface area (Å²) in [6.45, 7) is 2.37. The summed E-state index contributed by atoms with van der Waals surface area (Å²) in [5.41, 5.74) is 0.708. The quantitative estimate of drug-likeness (QED) is 0.433. The summed E-state index contributed by atoms with van der Waals surface area (Å²) < 4.78 is 38.9. The van der Waals surface area contributed by atoms with Crippen LogP contribution in [0.4, 0.5) is 11.4 Å². The zero-order valence-corrected chi connectivity index (χ0v) is 19.5. The summed E-state index contributed by atoms with van der Waals surface area (Å²) in [5.74, 6) is 0.369. The molecule has 0 aromatic heterocycles. The second-order valence-corrected chi connectivity index (χ2v) is 9.03. The van der Waals surface area contributed by atoms with Crippen LogP contribution >= 0.6 is 23.2 Å². The number of sulfonamides is 1. The van der Waals surface area contributed by atoms with Crippen molar-refractivity contribution in [3.63, 3.8) is 0 Å². The highest BCUT2D eigenvalue weighted by Gasteiger charge is 2.19. The number of halogens is 2. The van der Waals surface area contributed by atoms with E-state index in [2.05, 4.69) is 10.0 Å². The van der Waals surface area contributed by atoms with E-state index in [0.29, 0.717) is 23.1 Å². The lowest BCUT2D eigenvalue weighted by Crippen LogP contribution is -2.16. The lowest BCUT2D eigenvalue weighted by molar-refractivity contribution is 0.102. The smallest absolute Gasteiger partial charge is 0.261 e. The number of nitrogens with one attached hydrogen (secondary N) is 2. The van der Waals surface area contributed by atoms with Gasteiger partial charge in [0.15, 0.2) is 0 Å². The number of benzene rings is 3. The van der Waals surface area contributed by atoms with Gasteiger partial charge >= 0.3 is 0 Å². The van der Waals surface area contributed by atoms with E-state index in [1.165, 1.54) is 43.5 Å². The molecule has 0 radical (unpaired) electrons. The van der Waals surface area contributed by atoms with Crippen LogP contribution in [0, 0.1) is 0 Å². The Morgan fingerprint density at radius 1 is 1.00 bits per heavy atom. The molecular weight excluding hydrogens is 475 g/mol. The maximum absolute atomic E-state index is 12.9. The van der Waals surface area contributed by atoms with Crippen molar-refractivity contribution in [2.24, 2.45) is 0 Å². The van der Waals surface area contributed by atoms with E-state index < -0.39 is 15.9 Å². The number of hydrogen-bond donors (Lipinski definition) is 2. The zero-order valence-electron chi connectivity index (χ0n) is 17.2. The van der Waals surface area contributed by atoms with E-state index in [0.717, 1.165) is 0 Å². The molecule has 0 saturated heterocycles. The Bertz CT molecular complexity index is 1230. The molecule has 0 bridgehead atoms. The second kappa shape index (κ2) is 10.1. The minimum Gasteiger partial charge on any atom is -0.495 e. The normalized spacial score (nSPS) is 11.0. The van der Waals surface area contributed by atoms with Crippen LogP contribution in [0.25, 0.3) is 0 Å². The Morgan fingerprint density at radius 3 is 2.34 bits per heavy atom. The summed E-state index contributed by atoms with van der Waals surface area (Å²) in [6.07, 6.45) is 0. The van der Waals surface area contributed by atoms with Gasteiger partial charge in [-0.1, -0.05) is 23.2 Å². The monoisotopic (exact) mass is 494 g/mol. The molecule has 2 N–H and O–H groups in total.